The first-order chi connectivity index (χ1) is 14.2. The standard InChI is InChI=1S/C20H19N5O3S/c1-2-9-24-13-21-20-22-14(11-18(26)25(20)24)12-28-16-7-4-3-6-15(16)23-19(27)17-8-5-10-29-17/h3-8,10-11,13H,2,9,12H2,1H3,(H,23,27). The number of amides is 1. The van der Waals surface area contributed by atoms with Gasteiger partial charge in [-0.05, 0) is 30.0 Å². The molecule has 3 aromatic heterocycles. The number of hydrogen-bond acceptors (Lipinski definition) is 6. The molecule has 4 aromatic rings. The number of ether oxygens (including phenoxy) is 1. The van der Waals surface area contributed by atoms with Gasteiger partial charge in [0.2, 0.25) is 0 Å². The summed E-state index contributed by atoms with van der Waals surface area (Å²) in [5.74, 6) is 0.634. The van der Waals surface area contributed by atoms with Crippen LogP contribution in [-0.2, 0) is 13.2 Å². The van der Waals surface area contributed by atoms with Gasteiger partial charge in [-0.25, -0.2) is 4.98 Å². The molecule has 1 amide bonds. The molecule has 1 aromatic carbocycles. The number of nitrogens with one attached hydrogen (secondary N) is 1. The molecule has 0 aliphatic carbocycles. The van der Waals surface area contributed by atoms with Crippen LogP contribution >= 0.6 is 11.3 Å². The zero-order chi connectivity index (χ0) is 20.2. The number of para-hydroxylation sites is 2. The van der Waals surface area contributed by atoms with Crippen LogP contribution in [-0.4, -0.2) is 25.1 Å². The summed E-state index contributed by atoms with van der Waals surface area (Å²) in [7, 11) is 0. The molecule has 0 aliphatic rings. The van der Waals surface area contributed by atoms with E-state index in [1.165, 1.54) is 21.9 Å². The summed E-state index contributed by atoms with van der Waals surface area (Å²) in [6.45, 7) is 2.80. The van der Waals surface area contributed by atoms with Gasteiger partial charge in [0, 0.05) is 12.6 Å². The predicted octanol–water partition coefficient (Wildman–Crippen LogP) is 3.19. The smallest absolute Gasteiger partial charge is 0.274 e. The fourth-order valence-corrected chi connectivity index (χ4v) is 3.52. The van der Waals surface area contributed by atoms with Gasteiger partial charge >= 0.3 is 0 Å². The first kappa shape index (κ1) is 18.9. The van der Waals surface area contributed by atoms with E-state index in [2.05, 4.69) is 15.3 Å². The van der Waals surface area contributed by atoms with Gasteiger partial charge in [0.25, 0.3) is 17.2 Å². The van der Waals surface area contributed by atoms with E-state index in [9.17, 15) is 9.59 Å². The lowest BCUT2D eigenvalue weighted by molar-refractivity contribution is 0.103. The van der Waals surface area contributed by atoms with Crippen LogP contribution in [0.4, 0.5) is 5.69 Å². The lowest BCUT2D eigenvalue weighted by atomic mass is 10.3. The molecular formula is C20H19N5O3S. The third kappa shape index (κ3) is 4.04. The highest BCUT2D eigenvalue weighted by Crippen LogP contribution is 2.25. The minimum Gasteiger partial charge on any atom is -0.485 e. The van der Waals surface area contributed by atoms with Crippen LogP contribution < -0.4 is 15.6 Å². The van der Waals surface area contributed by atoms with Gasteiger partial charge in [-0.15, -0.1) is 11.3 Å². The van der Waals surface area contributed by atoms with Gasteiger partial charge in [-0.2, -0.15) is 9.50 Å². The second kappa shape index (κ2) is 8.27. The number of anilines is 1. The number of rotatable bonds is 7. The van der Waals surface area contributed by atoms with Crippen molar-refractivity contribution < 1.29 is 9.53 Å². The Balaban J connectivity index is 1.52. The largest absolute Gasteiger partial charge is 0.485 e. The van der Waals surface area contributed by atoms with Crippen LogP contribution in [0, 0.1) is 0 Å². The highest BCUT2D eigenvalue weighted by Gasteiger charge is 2.12. The summed E-state index contributed by atoms with van der Waals surface area (Å²) in [6, 6.07) is 12.2. The van der Waals surface area contributed by atoms with Gasteiger partial charge in [0.05, 0.1) is 16.3 Å². The minimum atomic E-state index is -0.209. The fourth-order valence-electron chi connectivity index (χ4n) is 2.91. The lowest BCUT2D eigenvalue weighted by Crippen LogP contribution is -2.22. The molecule has 0 aliphatic heterocycles. The molecular weight excluding hydrogens is 390 g/mol. The van der Waals surface area contributed by atoms with Crippen molar-refractivity contribution in [1.82, 2.24) is 19.2 Å². The maximum Gasteiger partial charge on any atom is 0.274 e. The number of thiophene rings is 1. The normalized spacial score (nSPS) is 10.9. The van der Waals surface area contributed by atoms with Gasteiger partial charge in [0.1, 0.15) is 18.7 Å². The van der Waals surface area contributed by atoms with Gasteiger partial charge in [-0.3, -0.25) is 14.3 Å². The third-order valence-corrected chi connectivity index (χ3v) is 5.07. The zero-order valence-corrected chi connectivity index (χ0v) is 16.6. The maximum atomic E-state index is 12.5. The van der Waals surface area contributed by atoms with Crippen molar-refractivity contribution in [2.75, 3.05) is 5.32 Å². The van der Waals surface area contributed by atoms with Crippen molar-refractivity contribution in [3.8, 4) is 5.75 Å². The van der Waals surface area contributed by atoms with Crippen molar-refractivity contribution in [1.29, 1.82) is 0 Å². The Kier molecular flexibility index (Phi) is 5.39. The van der Waals surface area contributed by atoms with Gasteiger partial charge < -0.3 is 10.1 Å². The molecule has 148 valence electrons. The molecule has 0 fully saturated rings. The van der Waals surface area contributed by atoms with E-state index in [1.54, 1.807) is 29.2 Å². The van der Waals surface area contributed by atoms with Crippen LogP contribution in [0.5, 0.6) is 5.75 Å². The van der Waals surface area contributed by atoms with E-state index in [1.807, 2.05) is 30.5 Å². The molecule has 0 saturated carbocycles. The van der Waals surface area contributed by atoms with Gasteiger partial charge in [0.15, 0.2) is 0 Å². The fraction of sp³-hybridized carbons (Fsp3) is 0.200. The molecule has 0 spiro atoms. The Morgan fingerprint density at radius 1 is 1.24 bits per heavy atom. The van der Waals surface area contributed by atoms with Crippen molar-refractivity contribution in [3.63, 3.8) is 0 Å². The molecule has 4 rings (SSSR count). The van der Waals surface area contributed by atoms with Crippen LogP contribution in [0.15, 0.2) is 59.0 Å². The monoisotopic (exact) mass is 409 g/mol. The second-order valence-corrected chi connectivity index (χ2v) is 7.27. The summed E-state index contributed by atoms with van der Waals surface area (Å²) >= 11 is 1.37. The summed E-state index contributed by atoms with van der Waals surface area (Å²) in [4.78, 5) is 34.0. The Labute approximate surface area is 170 Å². The average molecular weight is 409 g/mol. The number of carbonyl (C=O) groups excluding carboxylic acids is 1. The molecule has 0 unspecified atom stereocenters. The first-order valence-corrected chi connectivity index (χ1v) is 10.0. The Morgan fingerprint density at radius 2 is 2.10 bits per heavy atom. The zero-order valence-electron chi connectivity index (χ0n) is 15.7. The minimum absolute atomic E-state index is 0.0816. The van der Waals surface area contributed by atoms with Crippen LogP contribution in [0.2, 0.25) is 0 Å². The molecule has 8 nitrogen and oxygen atoms in total. The number of benzene rings is 1. The summed E-state index contributed by atoms with van der Waals surface area (Å²) in [5.41, 5.74) is 0.811. The molecule has 0 radical (unpaired) electrons. The number of fused-ring (bicyclic) bond motifs is 1. The predicted molar refractivity (Wildman–Crippen MR) is 111 cm³/mol. The number of hydrogen-bond donors (Lipinski definition) is 1. The molecule has 29 heavy (non-hydrogen) atoms. The lowest BCUT2D eigenvalue weighted by Gasteiger charge is -2.12. The Bertz CT molecular complexity index is 1200. The highest BCUT2D eigenvalue weighted by atomic mass is 32.1. The molecule has 1 N–H and O–H groups in total. The van der Waals surface area contributed by atoms with Crippen molar-refractivity contribution in [2.24, 2.45) is 0 Å². The van der Waals surface area contributed by atoms with Crippen molar-refractivity contribution >= 4 is 28.7 Å². The van der Waals surface area contributed by atoms with E-state index in [4.69, 9.17) is 4.74 Å². The maximum absolute atomic E-state index is 12.5. The SMILES string of the molecule is CCCn1cnc2nc(COc3ccccc3NC(=O)c3cccs3)cc(=O)n21. The number of nitrogens with zero attached hydrogens (tertiary/aromatic N) is 4. The first-order valence-electron chi connectivity index (χ1n) is 9.16. The quantitative estimate of drug-likeness (QED) is 0.506. The summed E-state index contributed by atoms with van der Waals surface area (Å²) in [6.07, 6.45) is 2.49. The summed E-state index contributed by atoms with van der Waals surface area (Å²) in [5, 5.41) is 4.70. The van der Waals surface area contributed by atoms with Crippen LogP contribution in [0.25, 0.3) is 5.78 Å². The summed E-state index contributed by atoms with van der Waals surface area (Å²) < 4.78 is 9.03. The second-order valence-electron chi connectivity index (χ2n) is 6.32. The van der Waals surface area contributed by atoms with E-state index >= 15 is 0 Å². The van der Waals surface area contributed by atoms with Crippen LogP contribution in [0.3, 0.4) is 0 Å². The van der Waals surface area contributed by atoms with E-state index < -0.39 is 0 Å². The average Bonchev–Trinajstić information content (AvgIpc) is 3.38. The van der Waals surface area contributed by atoms with E-state index in [0.29, 0.717) is 34.3 Å². The molecule has 0 bridgehead atoms. The van der Waals surface area contributed by atoms with Crippen molar-refractivity contribution in [2.45, 2.75) is 26.5 Å². The number of carbonyl (C=O) groups is 1. The number of aromatic nitrogens is 4. The van der Waals surface area contributed by atoms with E-state index in [-0.39, 0.29) is 18.1 Å². The Morgan fingerprint density at radius 3 is 2.90 bits per heavy atom. The molecule has 0 atom stereocenters. The number of aryl methyl sites for hydroxylation is 1. The van der Waals surface area contributed by atoms with Crippen molar-refractivity contribution in [3.05, 3.63) is 75.1 Å². The molecule has 0 saturated heterocycles. The molecule has 3 heterocycles. The third-order valence-electron chi connectivity index (χ3n) is 4.20. The van der Waals surface area contributed by atoms with Crippen LogP contribution in [0.1, 0.15) is 28.7 Å². The highest BCUT2D eigenvalue weighted by molar-refractivity contribution is 7.12. The Hall–Kier alpha value is -3.46. The topological polar surface area (TPSA) is 90.5 Å². The molecule has 9 heteroatoms. The van der Waals surface area contributed by atoms with E-state index in [0.717, 1.165) is 6.42 Å². The van der Waals surface area contributed by atoms with Gasteiger partial charge in [-0.1, -0.05) is 25.1 Å².